The van der Waals surface area contributed by atoms with Gasteiger partial charge in [-0.15, -0.1) is 23.1 Å². The number of thiophene rings is 1. The molecule has 8 heteroatoms. The number of thioether (sulfide) groups is 1. The zero-order chi connectivity index (χ0) is 21.7. The number of nitrogens with two attached hydrogens (primary N) is 1. The van der Waals surface area contributed by atoms with Gasteiger partial charge in [-0.2, -0.15) is 0 Å². The molecule has 1 aliphatic heterocycles. The molecule has 1 aromatic carbocycles. The second kappa shape index (κ2) is 9.75. The van der Waals surface area contributed by atoms with Crippen LogP contribution in [-0.4, -0.2) is 54.9 Å². The monoisotopic (exact) mass is 446 g/mol. The number of aliphatic imine (C=N–C) groups is 1. The van der Waals surface area contributed by atoms with Gasteiger partial charge in [0.1, 0.15) is 11.4 Å². The van der Waals surface area contributed by atoms with Gasteiger partial charge in [-0.1, -0.05) is 6.07 Å². The van der Waals surface area contributed by atoms with Gasteiger partial charge in [-0.25, -0.2) is 9.79 Å². The summed E-state index contributed by atoms with van der Waals surface area (Å²) in [6.45, 7) is 8.19. The number of fused-ring (bicyclic) bond motifs is 1. The lowest BCUT2D eigenvalue weighted by atomic mass is 10.2. The van der Waals surface area contributed by atoms with Crippen molar-refractivity contribution in [2.45, 2.75) is 37.7 Å². The van der Waals surface area contributed by atoms with Crippen molar-refractivity contribution in [1.82, 2.24) is 4.90 Å². The van der Waals surface area contributed by atoms with Gasteiger partial charge in [0.2, 0.25) is 0 Å². The van der Waals surface area contributed by atoms with Gasteiger partial charge < -0.3 is 20.3 Å². The Morgan fingerprint density at radius 1 is 1.33 bits per heavy atom. The van der Waals surface area contributed by atoms with Crippen LogP contribution in [-0.2, 0) is 4.74 Å². The van der Waals surface area contributed by atoms with Crippen LogP contribution >= 0.6 is 23.1 Å². The van der Waals surface area contributed by atoms with E-state index in [9.17, 15) is 4.79 Å². The Morgan fingerprint density at radius 3 is 2.83 bits per heavy atom. The molecule has 2 heterocycles. The second-order valence-electron chi connectivity index (χ2n) is 8.22. The van der Waals surface area contributed by atoms with Crippen LogP contribution in [0.4, 0.5) is 16.2 Å². The third-order valence-electron chi connectivity index (χ3n) is 4.55. The smallest absolute Gasteiger partial charge is 0.410 e. The number of amides is 1. The Morgan fingerprint density at radius 2 is 2.13 bits per heavy atom. The van der Waals surface area contributed by atoms with Gasteiger partial charge in [0.05, 0.1) is 16.3 Å². The van der Waals surface area contributed by atoms with Crippen molar-refractivity contribution >= 4 is 46.4 Å². The van der Waals surface area contributed by atoms with E-state index >= 15 is 0 Å². The van der Waals surface area contributed by atoms with E-state index in [0.717, 1.165) is 35.8 Å². The summed E-state index contributed by atoms with van der Waals surface area (Å²) < 4.78 is 5.42. The van der Waals surface area contributed by atoms with Gasteiger partial charge in [-0.05, 0) is 56.8 Å². The van der Waals surface area contributed by atoms with E-state index in [2.05, 4.69) is 22.0 Å². The van der Waals surface area contributed by atoms with E-state index in [1.54, 1.807) is 23.3 Å². The molecular formula is C22H30N4O2S2. The van der Waals surface area contributed by atoms with Crippen LogP contribution in [0.3, 0.4) is 0 Å². The van der Waals surface area contributed by atoms with E-state index in [-0.39, 0.29) is 6.09 Å². The number of anilines is 1. The van der Waals surface area contributed by atoms with Crippen LogP contribution in [0.2, 0.25) is 0 Å². The van der Waals surface area contributed by atoms with Gasteiger partial charge in [0.15, 0.2) is 0 Å². The van der Waals surface area contributed by atoms with Crippen molar-refractivity contribution in [3.05, 3.63) is 40.6 Å². The minimum Gasteiger partial charge on any atom is -0.444 e. The molecule has 1 aliphatic rings. The minimum atomic E-state index is -0.471. The number of ether oxygens (including phenoxy) is 1. The summed E-state index contributed by atoms with van der Waals surface area (Å²) in [6, 6.07) is 10.2. The number of carbonyl (C=O) groups is 1. The SMILES string of the molecule is CN(CCCN1CCSc2cc(N=C(N)c3cccs3)ccc21)C(=O)OC(C)(C)C. The number of hydrogen-bond acceptors (Lipinski definition) is 6. The molecule has 6 nitrogen and oxygen atoms in total. The maximum Gasteiger partial charge on any atom is 0.410 e. The molecule has 0 spiro atoms. The Hall–Kier alpha value is -2.19. The molecule has 2 N–H and O–H groups in total. The average molecular weight is 447 g/mol. The maximum absolute atomic E-state index is 12.1. The van der Waals surface area contributed by atoms with Crippen LogP contribution in [0.15, 0.2) is 45.6 Å². The van der Waals surface area contributed by atoms with Crippen LogP contribution in [0, 0.1) is 0 Å². The molecule has 0 aliphatic carbocycles. The summed E-state index contributed by atoms with van der Waals surface area (Å²) in [5.41, 5.74) is 7.76. The lowest BCUT2D eigenvalue weighted by Gasteiger charge is -2.31. The Labute approximate surface area is 187 Å². The van der Waals surface area contributed by atoms with Gasteiger partial charge in [0.25, 0.3) is 0 Å². The molecule has 0 saturated carbocycles. The highest BCUT2D eigenvalue weighted by Gasteiger charge is 2.21. The highest BCUT2D eigenvalue weighted by atomic mass is 32.2. The van der Waals surface area contributed by atoms with Gasteiger partial charge >= 0.3 is 6.09 Å². The highest BCUT2D eigenvalue weighted by Crippen LogP contribution is 2.37. The van der Waals surface area contributed by atoms with E-state index in [4.69, 9.17) is 10.5 Å². The van der Waals surface area contributed by atoms with Crippen molar-refractivity contribution < 1.29 is 9.53 Å². The van der Waals surface area contributed by atoms with Crippen LogP contribution in [0.5, 0.6) is 0 Å². The molecule has 0 bridgehead atoms. The molecule has 0 saturated heterocycles. The van der Waals surface area contributed by atoms with Crippen molar-refractivity contribution in [3.8, 4) is 0 Å². The molecule has 1 amide bonds. The average Bonchev–Trinajstić information content (AvgIpc) is 3.21. The van der Waals surface area contributed by atoms with Crippen LogP contribution in [0.25, 0.3) is 0 Å². The molecule has 0 atom stereocenters. The van der Waals surface area contributed by atoms with Crippen LogP contribution in [0.1, 0.15) is 32.1 Å². The number of benzene rings is 1. The third kappa shape index (κ3) is 6.15. The van der Waals surface area contributed by atoms with E-state index in [0.29, 0.717) is 12.4 Å². The van der Waals surface area contributed by atoms with E-state index in [1.807, 2.05) is 56.1 Å². The predicted molar refractivity (Wildman–Crippen MR) is 128 cm³/mol. The lowest BCUT2D eigenvalue weighted by molar-refractivity contribution is 0.0298. The van der Waals surface area contributed by atoms with Crippen LogP contribution < -0.4 is 10.6 Å². The normalized spacial score (nSPS) is 14.4. The summed E-state index contributed by atoms with van der Waals surface area (Å²) in [4.78, 5) is 22.9. The lowest BCUT2D eigenvalue weighted by Crippen LogP contribution is -2.37. The molecular weight excluding hydrogens is 416 g/mol. The van der Waals surface area contributed by atoms with Crippen molar-refractivity contribution in [1.29, 1.82) is 0 Å². The van der Waals surface area contributed by atoms with Crippen molar-refractivity contribution in [2.75, 3.05) is 37.3 Å². The first kappa shape index (κ1) is 22.5. The molecule has 30 heavy (non-hydrogen) atoms. The first-order chi connectivity index (χ1) is 14.2. The fraction of sp³-hybridized carbons (Fsp3) is 0.455. The fourth-order valence-electron chi connectivity index (χ4n) is 3.12. The largest absolute Gasteiger partial charge is 0.444 e. The topological polar surface area (TPSA) is 71.2 Å². The molecule has 3 rings (SSSR count). The maximum atomic E-state index is 12.1. The Kier molecular flexibility index (Phi) is 7.31. The van der Waals surface area contributed by atoms with Crippen molar-refractivity contribution in [2.24, 2.45) is 10.7 Å². The Bertz CT molecular complexity index is 891. The number of hydrogen-bond donors (Lipinski definition) is 1. The van der Waals surface area contributed by atoms with E-state index < -0.39 is 5.60 Å². The quantitative estimate of drug-likeness (QED) is 0.502. The molecule has 0 radical (unpaired) electrons. The fourth-order valence-corrected chi connectivity index (χ4v) is 4.82. The summed E-state index contributed by atoms with van der Waals surface area (Å²) >= 11 is 3.44. The number of nitrogens with zero attached hydrogens (tertiary/aromatic N) is 3. The second-order valence-corrected chi connectivity index (χ2v) is 10.3. The van der Waals surface area contributed by atoms with Gasteiger partial charge in [-0.3, -0.25) is 0 Å². The summed E-state index contributed by atoms with van der Waals surface area (Å²) in [7, 11) is 1.79. The van der Waals surface area contributed by atoms with Crippen molar-refractivity contribution in [3.63, 3.8) is 0 Å². The number of rotatable bonds is 6. The summed E-state index contributed by atoms with van der Waals surface area (Å²) in [5, 5.41) is 2.00. The minimum absolute atomic E-state index is 0.275. The third-order valence-corrected chi connectivity index (χ3v) is 6.47. The first-order valence-electron chi connectivity index (χ1n) is 10.1. The predicted octanol–water partition coefficient (Wildman–Crippen LogP) is 4.95. The van der Waals surface area contributed by atoms with Gasteiger partial charge in [0, 0.05) is 37.3 Å². The first-order valence-corrected chi connectivity index (χ1v) is 11.9. The zero-order valence-corrected chi connectivity index (χ0v) is 19.7. The highest BCUT2D eigenvalue weighted by molar-refractivity contribution is 7.99. The van der Waals surface area contributed by atoms with E-state index in [1.165, 1.54) is 10.6 Å². The summed E-state index contributed by atoms with van der Waals surface area (Å²) in [5.74, 6) is 1.58. The Balaban J connectivity index is 1.59. The number of carbonyl (C=O) groups excluding carboxylic acids is 1. The molecule has 1 aromatic heterocycles. The molecule has 0 unspecified atom stereocenters. The molecule has 162 valence electrons. The molecule has 2 aromatic rings. The molecule has 0 fully saturated rings. The zero-order valence-electron chi connectivity index (χ0n) is 18.1. The summed E-state index contributed by atoms with van der Waals surface area (Å²) in [6.07, 6.45) is 0.605. The standard InChI is InChI=1S/C22H30N4O2S2/c1-22(2,3)28-21(27)25(4)10-6-11-26-12-14-30-19-15-16(8-9-17(19)26)24-20(23)18-7-5-13-29-18/h5,7-9,13,15H,6,10-12,14H2,1-4H3,(H2,23,24). The number of amidine groups is 1.